The van der Waals surface area contributed by atoms with Gasteiger partial charge in [0.2, 0.25) is 0 Å². The largest absolute Gasteiger partial charge is 0.244 e. The van der Waals surface area contributed by atoms with Gasteiger partial charge in [-0.1, -0.05) is 56.3 Å². The first-order valence-corrected chi connectivity index (χ1v) is 8.07. The van der Waals surface area contributed by atoms with E-state index in [1.165, 1.54) is 32.7 Å². The first-order valence-electron chi connectivity index (χ1n) is 7.25. The highest BCUT2D eigenvalue weighted by Gasteiger charge is 2.37. The van der Waals surface area contributed by atoms with Crippen molar-refractivity contribution in [2.24, 2.45) is 0 Å². The highest BCUT2D eigenvalue weighted by molar-refractivity contribution is 7.15. The number of aryl methyl sites for hydroxylation is 1. The molecule has 0 N–H and O–H groups in total. The highest BCUT2D eigenvalue weighted by Crippen LogP contribution is 2.52. The molecule has 0 fully saturated rings. The van der Waals surface area contributed by atoms with Gasteiger partial charge >= 0.3 is 0 Å². The summed E-state index contributed by atoms with van der Waals surface area (Å²) in [6.07, 6.45) is 1.97. The first kappa shape index (κ1) is 12.8. The molecule has 0 saturated carbocycles. The Balaban J connectivity index is 2.05. The lowest BCUT2D eigenvalue weighted by Gasteiger charge is -2.23. The number of fused-ring (bicyclic) bond motifs is 3. The standard InChI is InChI=1S/C19H17NS/c1-12-11-20-18(21-12)15-9-6-8-14-13-7-4-5-10-16(13)19(2,3)17(14)15/h4-11H,1-3H3. The summed E-state index contributed by atoms with van der Waals surface area (Å²) in [7, 11) is 0. The second-order valence-electron chi connectivity index (χ2n) is 6.17. The lowest BCUT2D eigenvalue weighted by Crippen LogP contribution is -2.16. The minimum absolute atomic E-state index is 0.0299. The summed E-state index contributed by atoms with van der Waals surface area (Å²) in [5.74, 6) is 0. The molecule has 2 aromatic carbocycles. The molecule has 0 aliphatic heterocycles. The Bertz CT molecular complexity index is 842. The van der Waals surface area contributed by atoms with Crippen LogP contribution in [-0.2, 0) is 5.41 Å². The van der Waals surface area contributed by atoms with Crippen molar-refractivity contribution in [3.8, 4) is 21.7 Å². The van der Waals surface area contributed by atoms with Crippen molar-refractivity contribution in [3.63, 3.8) is 0 Å². The van der Waals surface area contributed by atoms with E-state index in [0.717, 1.165) is 5.01 Å². The molecule has 0 radical (unpaired) electrons. The second kappa shape index (κ2) is 4.28. The molecule has 2 heteroatoms. The molecule has 21 heavy (non-hydrogen) atoms. The molecule has 0 saturated heterocycles. The van der Waals surface area contributed by atoms with E-state index in [1.807, 2.05) is 6.20 Å². The van der Waals surface area contributed by atoms with E-state index in [1.54, 1.807) is 11.3 Å². The van der Waals surface area contributed by atoms with Gasteiger partial charge in [0.05, 0.1) is 0 Å². The van der Waals surface area contributed by atoms with Gasteiger partial charge in [-0.3, -0.25) is 0 Å². The fourth-order valence-electron chi connectivity index (χ4n) is 3.51. The quantitative estimate of drug-likeness (QED) is 0.583. The van der Waals surface area contributed by atoms with E-state index in [-0.39, 0.29) is 5.41 Å². The van der Waals surface area contributed by atoms with E-state index in [9.17, 15) is 0 Å². The molecule has 0 spiro atoms. The summed E-state index contributed by atoms with van der Waals surface area (Å²) >= 11 is 1.78. The summed E-state index contributed by atoms with van der Waals surface area (Å²) in [5, 5.41) is 1.13. The van der Waals surface area contributed by atoms with Gasteiger partial charge in [-0.15, -0.1) is 11.3 Å². The van der Waals surface area contributed by atoms with Crippen LogP contribution < -0.4 is 0 Å². The van der Waals surface area contributed by atoms with Crippen LogP contribution in [0.4, 0.5) is 0 Å². The highest BCUT2D eigenvalue weighted by atomic mass is 32.1. The third kappa shape index (κ3) is 1.72. The molecule has 0 amide bonds. The molecule has 1 aliphatic rings. The third-order valence-corrected chi connectivity index (χ3v) is 5.38. The number of thiazole rings is 1. The number of hydrogen-bond donors (Lipinski definition) is 0. The van der Waals surface area contributed by atoms with E-state index < -0.39 is 0 Å². The smallest absolute Gasteiger partial charge is 0.123 e. The Morgan fingerprint density at radius 3 is 2.38 bits per heavy atom. The minimum atomic E-state index is 0.0299. The van der Waals surface area contributed by atoms with Crippen molar-refractivity contribution in [3.05, 3.63) is 64.7 Å². The summed E-state index contributed by atoms with van der Waals surface area (Å²) in [4.78, 5) is 5.87. The Morgan fingerprint density at radius 1 is 0.905 bits per heavy atom. The summed E-state index contributed by atoms with van der Waals surface area (Å²) < 4.78 is 0. The van der Waals surface area contributed by atoms with Crippen molar-refractivity contribution >= 4 is 11.3 Å². The molecule has 3 aromatic rings. The molecule has 1 aromatic heterocycles. The van der Waals surface area contributed by atoms with Crippen LogP contribution in [0.3, 0.4) is 0 Å². The Kier molecular flexibility index (Phi) is 2.61. The maximum Gasteiger partial charge on any atom is 0.123 e. The molecule has 1 nitrogen and oxygen atoms in total. The van der Waals surface area contributed by atoms with Crippen LogP contribution in [0.15, 0.2) is 48.7 Å². The molecule has 1 aliphatic carbocycles. The predicted octanol–water partition coefficient (Wildman–Crippen LogP) is 5.42. The number of nitrogens with zero attached hydrogens (tertiary/aromatic N) is 1. The minimum Gasteiger partial charge on any atom is -0.244 e. The summed E-state index contributed by atoms with van der Waals surface area (Å²) in [5.41, 5.74) is 6.88. The number of rotatable bonds is 1. The van der Waals surface area contributed by atoms with Crippen LogP contribution in [0.2, 0.25) is 0 Å². The van der Waals surface area contributed by atoms with Gasteiger partial charge in [0.1, 0.15) is 5.01 Å². The number of aromatic nitrogens is 1. The summed E-state index contributed by atoms with van der Waals surface area (Å²) in [6.45, 7) is 6.76. The number of benzene rings is 2. The maximum atomic E-state index is 4.61. The molecule has 0 unspecified atom stereocenters. The van der Waals surface area contributed by atoms with Crippen LogP contribution in [0.25, 0.3) is 21.7 Å². The fraction of sp³-hybridized carbons (Fsp3) is 0.211. The zero-order valence-electron chi connectivity index (χ0n) is 12.5. The zero-order chi connectivity index (χ0) is 14.6. The molecule has 0 bridgehead atoms. The topological polar surface area (TPSA) is 12.9 Å². The van der Waals surface area contributed by atoms with Gasteiger partial charge in [0.25, 0.3) is 0 Å². The van der Waals surface area contributed by atoms with Gasteiger partial charge in [0, 0.05) is 22.1 Å². The average molecular weight is 291 g/mol. The van der Waals surface area contributed by atoms with Crippen LogP contribution in [-0.4, -0.2) is 4.98 Å². The Morgan fingerprint density at radius 2 is 1.62 bits per heavy atom. The Labute approximate surface area is 129 Å². The molecule has 104 valence electrons. The SMILES string of the molecule is Cc1cnc(-c2cccc3c2C(C)(C)c2ccccc2-3)s1. The van der Waals surface area contributed by atoms with E-state index >= 15 is 0 Å². The van der Waals surface area contributed by atoms with Gasteiger partial charge in [-0.2, -0.15) is 0 Å². The van der Waals surface area contributed by atoms with Gasteiger partial charge in [0.15, 0.2) is 0 Å². The average Bonchev–Trinajstić information content (AvgIpc) is 3.01. The fourth-order valence-corrected chi connectivity index (χ4v) is 4.30. The third-order valence-electron chi connectivity index (χ3n) is 4.43. The lowest BCUT2D eigenvalue weighted by atomic mass is 9.80. The number of hydrogen-bond acceptors (Lipinski definition) is 2. The molecule has 4 rings (SSSR count). The van der Waals surface area contributed by atoms with Gasteiger partial charge in [-0.05, 0) is 29.2 Å². The van der Waals surface area contributed by atoms with Gasteiger partial charge < -0.3 is 0 Å². The van der Waals surface area contributed by atoms with E-state index in [4.69, 9.17) is 0 Å². The van der Waals surface area contributed by atoms with Crippen LogP contribution in [0.1, 0.15) is 29.9 Å². The normalized spacial score (nSPS) is 14.8. The monoisotopic (exact) mass is 291 g/mol. The van der Waals surface area contributed by atoms with Crippen molar-refractivity contribution in [2.75, 3.05) is 0 Å². The predicted molar refractivity (Wildman–Crippen MR) is 89.9 cm³/mol. The molecule has 0 atom stereocenters. The van der Waals surface area contributed by atoms with Crippen LogP contribution in [0, 0.1) is 6.92 Å². The zero-order valence-corrected chi connectivity index (χ0v) is 13.3. The summed E-state index contributed by atoms with van der Waals surface area (Å²) in [6, 6.07) is 15.4. The maximum absolute atomic E-state index is 4.61. The van der Waals surface area contributed by atoms with Crippen molar-refractivity contribution in [2.45, 2.75) is 26.2 Å². The Hall–Kier alpha value is -1.93. The van der Waals surface area contributed by atoms with Crippen LogP contribution in [0.5, 0.6) is 0 Å². The van der Waals surface area contributed by atoms with E-state index in [2.05, 4.69) is 68.2 Å². The molecular formula is C19H17NS. The molecule has 1 heterocycles. The first-order chi connectivity index (χ1) is 10.1. The second-order valence-corrected chi connectivity index (χ2v) is 7.41. The van der Waals surface area contributed by atoms with Gasteiger partial charge in [-0.25, -0.2) is 4.98 Å². The van der Waals surface area contributed by atoms with Crippen LogP contribution >= 0.6 is 11.3 Å². The van der Waals surface area contributed by atoms with Crippen molar-refractivity contribution in [1.82, 2.24) is 4.98 Å². The van der Waals surface area contributed by atoms with Crippen molar-refractivity contribution in [1.29, 1.82) is 0 Å². The van der Waals surface area contributed by atoms with Crippen molar-refractivity contribution < 1.29 is 0 Å². The van der Waals surface area contributed by atoms with E-state index in [0.29, 0.717) is 0 Å². The molecular weight excluding hydrogens is 274 g/mol. The lowest BCUT2D eigenvalue weighted by molar-refractivity contribution is 0.662.